The van der Waals surface area contributed by atoms with Gasteiger partial charge in [0.2, 0.25) is 0 Å². The zero-order valence-corrected chi connectivity index (χ0v) is 16.1. The number of allylic oxidation sites excluding steroid dienone is 4. The second-order valence-corrected chi connectivity index (χ2v) is 6.67. The van der Waals surface area contributed by atoms with E-state index in [2.05, 4.69) is 61.5 Å². The van der Waals surface area contributed by atoms with Crippen LogP contribution in [-0.2, 0) is 26.2 Å². The Hall–Kier alpha value is 0.203. The molecule has 102 valence electrons. The van der Waals surface area contributed by atoms with Crippen molar-refractivity contribution in [3.8, 4) is 0 Å². The molecule has 1 unspecified atom stereocenters. The first-order valence-corrected chi connectivity index (χ1v) is 7.62. The third-order valence-electron chi connectivity index (χ3n) is 3.23. The van der Waals surface area contributed by atoms with Gasteiger partial charge in [0.15, 0.2) is 0 Å². The second-order valence-electron chi connectivity index (χ2n) is 4.22. The molecule has 0 bridgehead atoms. The monoisotopic (exact) mass is 398 g/mol. The van der Waals surface area contributed by atoms with Crippen LogP contribution in [0.4, 0.5) is 0 Å². The SMILES string of the molecule is CCP(C1=[C-]CC=C1)[c-]1ccc2ccccc21.[Cl-].[Cl-].[Zr+4]. The Balaban J connectivity index is 0.00000120. The molecule has 0 saturated heterocycles. The minimum atomic E-state index is -0.199. The summed E-state index contributed by atoms with van der Waals surface area (Å²) in [5, 5.41) is 5.74. The van der Waals surface area contributed by atoms with Gasteiger partial charge in [-0.15, -0.1) is 54.7 Å². The number of hydrogen-bond acceptors (Lipinski definition) is 0. The molecule has 3 rings (SSSR count). The third-order valence-corrected chi connectivity index (χ3v) is 5.72. The molecule has 20 heavy (non-hydrogen) atoms. The van der Waals surface area contributed by atoms with Crippen molar-refractivity contribution in [1.29, 1.82) is 0 Å². The summed E-state index contributed by atoms with van der Waals surface area (Å²) >= 11 is 0. The van der Waals surface area contributed by atoms with Crippen LogP contribution in [0.2, 0.25) is 0 Å². The molecule has 0 heterocycles. The normalized spacial score (nSPS) is 13.9. The molecule has 2 aromatic carbocycles. The van der Waals surface area contributed by atoms with Crippen molar-refractivity contribution < 1.29 is 51.0 Å². The Labute approximate surface area is 153 Å². The summed E-state index contributed by atoms with van der Waals surface area (Å²) in [6, 6.07) is 13.2. The number of halogens is 2. The van der Waals surface area contributed by atoms with Gasteiger partial charge in [0, 0.05) is 0 Å². The van der Waals surface area contributed by atoms with Gasteiger partial charge in [-0.25, -0.2) is 11.4 Å². The van der Waals surface area contributed by atoms with E-state index >= 15 is 0 Å². The van der Waals surface area contributed by atoms with Crippen LogP contribution in [-0.4, -0.2) is 6.16 Å². The maximum Gasteiger partial charge on any atom is 4.00 e. The van der Waals surface area contributed by atoms with Crippen molar-refractivity contribution in [2.45, 2.75) is 13.3 Å². The van der Waals surface area contributed by atoms with Crippen molar-refractivity contribution in [3.05, 3.63) is 59.9 Å². The Kier molecular flexibility index (Phi) is 9.36. The van der Waals surface area contributed by atoms with Crippen LogP contribution < -0.4 is 30.1 Å². The van der Waals surface area contributed by atoms with E-state index in [4.69, 9.17) is 0 Å². The Morgan fingerprint density at radius 2 is 1.95 bits per heavy atom. The van der Waals surface area contributed by atoms with E-state index in [-0.39, 0.29) is 58.9 Å². The maximum absolute atomic E-state index is 3.49. The quantitative estimate of drug-likeness (QED) is 0.428. The average molecular weight is 400 g/mol. The summed E-state index contributed by atoms with van der Waals surface area (Å²) < 4.78 is 0. The molecule has 0 aliphatic heterocycles. The number of fused-ring (bicyclic) bond motifs is 1. The van der Waals surface area contributed by atoms with E-state index in [1.807, 2.05) is 0 Å². The van der Waals surface area contributed by atoms with E-state index in [1.165, 1.54) is 27.6 Å². The van der Waals surface area contributed by atoms with Crippen molar-refractivity contribution >= 4 is 24.0 Å². The average Bonchev–Trinajstić information content (AvgIpc) is 3.01. The largest absolute Gasteiger partial charge is 4.00 e. The molecule has 1 aliphatic carbocycles. The van der Waals surface area contributed by atoms with Crippen LogP contribution in [0.15, 0.2) is 53.9 Å². The summed E-state index contributed by atoms with van der Waals surface area (Å²) in [5.74, 6) is 0. The molecule has 0 amide bonds. The van der Waals surface area contributed by atoms with E-state index in [9.17, 15) is 0 Å². The third kappa shape index (κ3) is 3.89. The van der Waals surface area contributed by atoms with Crippen molar-refractivity contribution in [3.63, 3.8) is 0 Å². The molecule has 0 nitrogen and oxygen atoms in total. The molecule has 0 N–H and O–H groups in total. The van der Waals surface area contributed by atoms with Gasteiger partial charge in [-0.3, -0.25) is 6.08 Å². The predicted molar refractivity (Wildman–Crippen MR) is 77.1 cm³/mol. The molecule has 1 aliphatic rings. The van der Waals surface area contributed by atoms with E-state index in [0.717, 1.165) is 6.42 Å². The fourth-order valence-electron chi connectivity index (χ4n) is 2.42. The van der Waals surface area contributed by atoms with E-state index in [0.29, 0.717) is 0 Å². The summed E-state index contributed by atoms with van der Waals surface area (Å²) in [4.78, 5) is 0. The van der Waals surface area contributed by atoms with Crippen LogP contribution in [0.25, 0.3) is 10.8 Å². The molecule has 0 spiro atoms. The first-order valence-electron chi connectivity index (χ1n) is 6.09. The molecule has 1 atom stereocenters. The molecule has 0 fully saturated rings. The molecule has 2 aromatic rings. The minimum Gasteiger partial charge on any atom is -1.00 e. The van der Waals surface area contributed by atoms with Crippen LogP contribution in [0.5, 0.6) is 0 Å². The van der Waals surface area contributed by atoms with Crippen LogP contribution in [0.3, 0.4) is 0 Å². The van der Waals surface area contributed by atoms with Crippen LogP contribution in [0, 0.1) is 6.08 Å². The number of benzene rings is 1. The Bertz CT molecular complexity index is 601. The zero-order chi connectivity index (χ0) is 11.7. The standard InChI is InChI=1S/C16H15P.2ClH.Zr/c1-2-17(14-8-4-5-9-14)16-12-11-13-7-3-6-10-15(13)16;;;/h3-4,6-8,10-12H,2,5H2,1H3;2*1H;/q-2;;;+4/p-2. The zero-order valence-electron chi connectivity index (χ0n) is 11.2. The first-order chi connectivity index (χ1) is 8.40. The summed E-state index contributed by atoms with van der Waals surface area (Å²) in [7, 11) is -0.199. The minimum absolute atomic E-state index is 0. The van der Waals surface area contributed by atoms with Crippen molar-refractivity contribution in [2.75, 3.05) is 6.16 Å². The fourth-order valence-corrected chi connectivity index (χ4v) is 4.68. The number of rotatable bonds is 3. The van der Waals surface area contributed by atoms with Gasteiger partial charge in [-0.1, -0.05) is 13.0 Å². The summed E-state index contributed by atoms with van der Waals surface area (Å²) in [6.07, 6.45) is 10.2. The maximum atomic E-state index is 3.49. The molecule has 0 saturated carbocycles. The van der Waals surface area contributed by atoms with E-state index in [1.54, 1.807) is 0 Å². The molecule has 0 aromatic heterocycles. The van der Waals surface area contributed by atoms with Crippen LogP contribution >= 0.6 is 7.92 Å². The smallest absolute Gasteiger partial charge is 1.00 e. The first kappa shape index (κ1) is 20.2. The molecular weight excluding hydrogens is 385 g/mol. The van der Waals surface area contributed by atoms with Gasteiger partial charge < -0.3 is 24.8 Å². The topological polar surface area (TPSA) is 0 Å². The van der Waals surface area contributed by atoms with Gasteiger partial charge in [0.05, 0.1) is 0 Å². The van der Waals surface area contributed by atoms with Gasteiger partial charge in [-0.05, 0) is 6.16 Å². The molecular formula is C16H15Cl2PZr. The molecule has 4 heteroatoms. The summed E-state index contributed by atoms with van der Waals surface area (Å²) in [5.41, 5.74) is 0. The van der Waals surface area contributed by atoms with Crippen molar-refractivity contribution in [2.24, 2.45) is 0 Å². The van der Waals surface area contributed by atoms with Crippen LogP contribution in [0.1, 0.15) is 13.3 Å². The van der Waals surface area contributed by atoms with Gasteiger partial charge >= 0.3 is 26.2 Å². The van der Waals surface area contributed by atoms with Gasteiger partial charge in [0.25, 0.3) is 0 Å². The van der Waals surface area contributed by atoms with Gasteiger partial charge in [0.1, 0.15) is 0 Å². The predicted octanol–water partition coefficient (Wildman–Crippen LogP) is -1.66. The fraction of sp³-hybridized carbons (Fsp3) is 0.188. The Morgan fingerprint density at radius 1 is 1.20 bits per heavy atom. The van der Waals surface area contributed by atoms with Crippen molar-refractivity contribution in [1.82, 2.24) is 0 Å². The number of hydrogen-bond donors (Lipinski definition) is 0. The van der Waals surface area contributed by atoms with Gasteiger partial charge in [-0.2, -0.15) is 12.1 Å². The second kappa shape index (κ2) is 9.27. The Morgan fingerprint density at radius 3 is 2.60 bits per heavy atom. The van der Waals surface area contributed by atoms with E-state index < -0.39 is 0 Å². The molecule has 0 radical (unpaired) electrons. The summed E-state index contributed by atoms with van der Waals surface area (Å²) in [6.45, 7) is 2.29.